The Morgan fingerprint density at radius 1 is 0.244 bits per heavy atom. The molecule has 0 aliphatic heterocycles. The summed E-state index contributed by atoms with van der Waals surface area (Å²) in [7, 11) is 0. The number of aliphatic carboxylic acids is 1. The SMILES string of the molecule is CCCCCCCCOc1cc(OCCCCCCCC)c(C(=O)NNC(=O)CC(=O)NNC(=O)c2cc(C(=O)NNC(=O)CC(=O)NNC(=O)c3cc(C(=O)NNC(=O)OC(C)(C)C)c(OCCCCCCCC)cc3OCCCCCCCC)c(OCCCCCCCC)cc2OCCCCCCCC)cc1C(=O)NNC(=O)CC(=O)O. The highest BCUT2D eigenvalue weighted by Crippen LogP contribution is 2.34. The highest BCUT2D eigenvalue weighted by molar-refractivity contribution is 6.08. The average Bonchev–Trinajstić information content (AvgIpc) is 0.815. The maximum absolute atomic E-state index is 14.4. The molecule has 33 nitrogen and oxygen atoms in total. The zero-order chi connectivity index (χ0) is 87.4. The van der Waals surface area contributed by atoms with Crippen molar-refractivity contribution in [2.45, 2.75) is 318 Å². The van der Waals surface area contributed by atoms with E-state index >= 15 is 0 Å². The second-order valence-corrected chi connectivity index (χ2v) is 30.2. The Hall–Kier alpha value is -10.6. The third kappa shape index (κ3) is 45.2. The molecule has 0 radical (unpaired) electrons. The van der Waals surface area contributed by atoms with Gasteiger partial charge in [0.25, 0.3) is 35.4 Å². The summed E-state index contributed by atoms with van der Waals surface area (Å²) in [5, 5.41) is 9.13. The molecule has 0 spiro atoms. The molecule has 12 amide bonds. The second-order valence-electron chi connectivity index (χ2n) is 30.2. The molecule has 0 saturated carbocycles. The molecule has 0 bridgehead atoms. The molecular formula is C86H136N12O21. The van der Waals surface area contributed by atoms with Gasteiger partial charge >= 0.3 is 12.1 Å². The maximum Gasteiger partial charge on any atom is 0.426 e. The minimum atomic E-state index is -1.45. The van der Waals surface area contributed by atoms with Crippen molar-refractivity contribution in [2.75, 3.05) is 39.6 Å². The first kappa shape index (κ1) is 103. The van der Waals surface area contributed by atoms with E-state index in [1.165, 1.54) is 24.3 Å². The van der Waals surface area contributed by atoms with E-state index < -0.39 is 102 Å². The van der Waals surface area contributed by atoms with Crippen LogP contribution in [0.2, 0.25) is 0 Å². The van der Waals surface area contributed by atoms with Crippen LogP contribution in [0.25, 0.3) is 0 Å². The van der Waals surface area contributed by atoms with Crippen molar-refractivity contribution >= 4 is 77.0 Å². The van der Waals surface area contributed by atoms with Crippen molar-refractivity contribution in [1.29, 1.82) is 0 Å². The van der Waals surface area contributed by atoms with Crippen LogP contribution in [0.15, 0.2) is 36.4 Å². The molecular weight excluding hydrogens is 1540 g/mol. The lowest BCUT2D eigenvalue weighted by Crippen LogP contribution is -2.47. The summed E-state index contributed by atoms with van der Waals surface area (Å²) < 4.78 is 42.2. The lowest BCUT2D eigenvalue weighted by molar-refractivity contribution is -0.141. The number of carbonyl (C=O) groups excluding carboxylic acids is 12. The average molecular weight is 1670 g/mol. The molecule has 0 atom stereocenters. The summed E-state index contributed by atoms with van der Waals surface area (Å²) in [6.07, 6.45) is 29.1. The van der Waals surface area contributed by atoms with Crippen molar-refractivity contribution in [3.05, 3.63) is 69.8 Å². The maximum atomic E-state index is 14.4. The Kier molecular flexibility index (Phi) is 53.1. The Morgan fingerprint density at radius 2 is 0.420 bits per heavy atom. The highest BCUT2D eigenvalue weighted by Gasteiger charge is 2.29. The van der Waals surface area contributed by atoms with Crippen LogP contribution in [0.1, 0.15) is 375 Å². The van der Waals surface area contributed by atoms with Crippen molar-refractivity contribution in [3.63, 3.8) is 0 Å². The number of hydrazine groups is 6. The molecule has 13 N–H and O–H groups in total. The van der Waals surface area contributed by atoms with Gasteiger partial charge in [0.15, 0.2) is 0 Å². The summed E-state index contributed by atoms with van der Waals surface area (Å²) in [6.45, 7) is 18.5. The Balaban J connectivity index is 1.95. The van der Waals surface area contributed by atoms with E-state index in [0.717, 1.165) is 205 Å². The van der Waals surface area contributed by atoms with Gasteiger partial charge in [0.2, 0.25) is 29.5 Å². The number of carbonyl (C=O) groups is 13. The molecule has 0 unspecified atom stereocenters. The van der Waals surface area contributed by atoms with Crippen molar-refractivity contribution in [3.8, 4) is 34.5 Å². The Labute approximate surface area is 701 Å². The summed E-state index contributed by atoms with van der Waals surface area (Å²) >= 11 is 0. The van der Waals surface area contributed by atoms with Gasteiger partial charge in [-0.25, -0.2) is 10.2 Å². The van der Waals surface area contributed by atoms with Crippen molar-refractivity contribution in [2.24, 2.45) is 0 Å². The minimum Gasteiger partial charge on any atom is -0.493 e. The molecule has 0 fully saturated rings. The first-order valence-electron chi connectivity index (χ1n) is 43.1. The van der Waals surface area contributed by atoms with Gasteiger partial charge in [0.1, 0.15) is 59.4 Å². The topological polar surface area (TPSA) is 451 Å². The van der Waals surface area contributed by atoms with Gasteiger partial charge < -0.3 is 38.3 Å². The fourth-order valence-corrected chi connectivity index (χ4v) is 11.9. The molecule has 3 aromatic rings. The van der Waals surface area contributed by atoms with Crippen LogP contribution < -0.4 is 93.5 Å². The predicted molar refractivity (Wildman–Crippen MR) is 449 cm³/mol. The van der Waals surface area contributed by atoms with Crippen LogP contribution in [0.4, 0.5) is 4.79 Å². The van der Waals surface area contributed by atoms with E-state index in [0.29, 0.717) is 38.5 Å². The normalized spacial score (nSPS) is 10.9. The van der Waals surface area contributed by atoms with Gasteiger partial charge in [-0.05, 0) is 77.5 Å². The van der Waals surface area contributed by atoms with Crippen LogP contribution in [0.3, 0.4) is 0 Å². The van der Waals surface area contributed by atoms with E-state index in [1.54, 1.807) is 20.8 Å². The van der Waals surface area contributed by atoms with E-state index in [1.807, 2.05) is 5.43 Å². The van der Waals surface area contributed by atoms with Crippen molar-refractivity contribution < 1.29 is 101 Å². The molecule has 3 rings (SSSR count). The number of carboxylic acids is 1. The molecule has 0 saturated heterocycles. The van der Waals surface area contributed by atoms with Crippen LogP contribution in [-0.2, 0) is 33.5 Å². The quantitative estimate of drug-likeness (QED) is 0.0142. The number of ether oxygens (including phenoxy) is 7. The number of rotatable bonds is 60. The van der Waals surface area contributed by atoms with Gasteiger partial charge in [-0.3, -0.25) is 117 Å². The zero-order valence-corrected chi connectivity index (χ0v) is 71.9. The minimum absolute atomic E-state index is 0.00363. The third-order valence-electron chi connectivity index (χ3n) is 18.5. The van der Waals surface area contributed by atoms with Crippen LogP contribution in [0.5, 0.6) is 34.5 Å². The molecule has 0 aliphatic carbocycles. The predicted octanol–water partition coefficient (Wildman–Crippen LogP) is 13.8. The lowest BCUT2D eigenvalue weighted by atomic mass is 10.1. The number of benzene rings is 3. The van der Waals surface area contributed by atoms with Crippen LogP contribution >= 0.6 is 0 Å². The Bertz CT molecular complexity index is 3640. The number of unbranched alkanes of at least 4 members (excludes halogenated alkanes) is 30. The number of carboxylic acid groups (broad SMARTS) is 1. The summed E-state index contributed by atoms with van der Waals surface area (Å²) in [6, 6.07) is 7.46. The standard InChI is InChI=1S/C86H136N12O21/c1-10-16-22-28-34-40-46-113-67-55-68(114-47-41-35-29-23-17-11-2)62(80(107)93-88-75(101)59-76(102)90-95-82(109)65-54-66(84(111)97-98-85(112)119-86(7,8)9)72(118-51-45-39-33-27-21-15-6)57-71(65)117-50-44-38-32-26-20-14-5)52-61(67)79(106)92-87-73(99)58-74(100)89-94-81(108)63-53-64(83(110)96-91-77(103)60-78(104)105)70(116-49-43-37-31-25-19-13-4)56-69(63)115-48-42-36-30-24-18-12-3/h52-57H,10-51,58-60H2,1-9H3,(H,87,99)(H,88,101)(H,89,100)(H,90,102)(H,91,103)(H,92,106)(H,93,107)(H,94,108)(H,95,109)(H,96,110)(H,97,111)(H,98,112)(H,104,105). The molecule has 0 aromatic heterocycles. The fourth-order valence-electron chi connectivity index (χ4n) is 11.9. The smallest absolute Gasteiger partial charge is 0.426 e. The Morgan fingerprint density at radius 3 is 0.605 bits per heavy atom. The fraction of sp³-hybridized carbons (Fsp3) is 0.640. The number of hydrogen-bond donors (Lipinski definition) is 13. The number of hydrogen-bond acceptors (Lipinski definition) is 20. The number of amides is 12. The van der Waals surface area contributed by atoms with Gasteiger partial charge in [-0.2, -0.15) is 0 Å². The van der Waals surface area contributed by atoms with Gasteiger partial charge in [0.05, 0.1) is 73.0 Å². The monoisotopic (exact) mass is 1670 g/mol. The van der Waals surface area contributed by atoms with E-state index in [9.17, 15) is 62.3 Å². The number of nitrogens with one attached hydrogen (secondary N) is 12. The van der Waals surface area contributed by atoms with Gasteiger partial charge in [0, 0.05) is 18.2 Å². The summed E-state index contributed by atoms with van der Waals surface area (Å²) in [5.74, 6) is -12.9. The first-order valence-corrected chi connectivity index (χ1v) is 43.1. The molecule has 0 heterocycles. The molecule has 3 aromatic carbocycles. The summed E-state index contributed by atoms with van der Waals surface area (Å²) in [4.78, 5) is 175. The van der Waals surface area contributed by atoms with Crippen molar-refractivity contribution in [1.82, 2.24) is 65.1 Å². The third-order valence-corrected chi connectivity index (χ3v) is 18.5. The molecule has 666 valence electrons. The van der Waals surface area contributed by atoms with Crippen LogP contribution in [0, 0.1) is 0 Å². The van der Waals surface area contributed by atoms with E-state index in [4.69, 9.17) is 38.3 Å². The van der Waals surface area contributed by atoms with Crippen LogP contribution in [-0.4, -0.2) is 127 Å². The van der Waals surface area contributed by atoms with E-state index in [-0.39, 0.29) is 108 Å². The molecule has 0 aliphatic rings. The molecule has 119 heavy (non-hydrogen) atoms. The largest absolute Gasteiger partial charge is 0.493 e. The highest BCUT2D eigenvalue weighted by atomic mass is 16.6. The van der Waals surface area contributed by atoms with Gasteiger partial charge in [-0.1, -0.05) is 234 Å². The lowest BCUT2D eigenvalue weighted by Gasteiger charge is -2.20. The molecule has 33 heteroatoms. The second kappa shape index (κ2) is 61.7. The summed E-state index contributed by atoms with van der Waals surface area (Å²) in [5.41, 5.74) is 23.8. The zero-order valence-electron chi connectivity index (χ0n) is 71.9. The van der Waals surface area contributed by atoms with Gasteiger partial charge in [-0.15, -0.1) is 0 Å². The first-order chi connectivity index (χ1) is 57.3. The van der Waals surface area contributed by atoms with E-state index in [2.05, 4.69) is 101 Å².